The number of ether oxygens (including phenoxy) is 1. The molecule has 4 heteroatoms. The Hall–Kier alpha value is -0.610. The van der Waals surface area contributed by atoms with Crippen LogP contribution in [0, 0.1) is 5.92 Å². The summed E-state index contributed by atoms with van der Waals surface area (Å²) in [5.41, 5.74) is 2.11. The highest BCUT2D eigenvalue weighted by atomic mass is 16.5. The van der Waals surface area contributed by atoms with E-state index in [-0.39, 0.29) is 5.91 Å². The highest BCUT2D eigenvalue weighted by Crippen LogP contribution is 2.08. The molecule has 0 bridgehead atoms. The minimum Gasteiger partial charge on any atom is -0.368 e. The van der Waals surface area contributed by atoms with Crippen LogP contribution in [0.15, 0.2) is 0 Å². The van der Waals surface area contributed by atoms with Gasteiger partial charge in [-0.3, -0.25) is 10.2 Å². The predicted molar refractivity (Wildman–Crippen MR) is 56.4 cm³/mol. The molecule has 0 aromatic heterocycles. The van der Waals surface area contributed by atoms with Gasteiger partial charge in [0.25, 0.3) is 5.91 Å². The van der Waals surface area contributed by atoms with Gasteiger partial charge >= 0.3 is 0 Å². The second-order valence-corrected chi connectivity index (χ2v) is 3.63. The minimum absolute atomic E-state index is 0.240. The number of nitrogens with two attached hydrogens (primary N) is 1. The third kappa shape index (κ3) is 5.19. The zero-order valence-corrected chi connectivity index (χ0v) is 9.38. The van der Waals surface area contributed by atoms with E-state index in [4.69, 9.17) is 10.6 Å². The van der Waals surface area contributed by atoms with Crippen LogP contribution in [0.1, 0.15) is 40.0 Å². The van der Waals surface area contributed by atoms with Gasteiger partial charge < -0.3 is 4.74 Å². The zero-order valence-electron chi connectivity index (χ0n) is 9.38. The number of hydrogen-bond donors (Lipinski definition) is 2. The molecule has 84 valence electrons. The van der Waals surface area contributed by atoms with Crippen molar-refractivity contribution >= 4 is 5.91 Å². The molecule has 2 unspecified atom stereocenters. The quantitative estimate of drug-likeness (QED) is 0.370. The van der Waals surface area contributed by atoms with E-state index in [1.165, 1.54) is 0 Å². The van der Waals surface area contributed by atoms with Crippen molar-refractivity contribution in [1.82, 2.24) is 5.43 Å². The van der Waals surface area contributed by atoms with Crippen molar-refractivity contribution in [3.63, 3.8) is 0 Å². The molecule has 3 N–H and O–H groups in total. The average molecular weight is 202 g/mol. The van der Waals surface area contributed by atoms with Gasteiger partial charge in [-0.05, 0) is 18.8 Å². The Morgan fingerprint density at radius 1 is 1.50 bits per heavy atom. The molecule has 0 aliphatic rings. The van der Waals surface area contributed by atoms with Gasteiger partial charge in [-0.25, -0.2) is 5.84 Å². The van der Waals surface area contributed by atoms with Crippen LogP contribution in [-0.4, -0.2) is 18.6 Å². The van der Waals surface area contributed by atoms with E-state index in [1.807, 2.05) is 6.92 Å². The second kappa shape index (κ2) is 7.76. The van der Waals surface area contributed by atoms with Crippen molar-refractivity contribution in [3.05, 3.63) is 0 Å². The lowest BCUT2D eigenvalue weighted by molar-refractivity contribution is -0.133. The Kier molecular flexibility index (Phi) is 7.42. The summed E-state index contributed by atoms with van der Waals surface area (Å²) in [5.74, 6) is 5.29. The summed E-state index contributed by atoms with van der Waals surface area (Å²) < 4.78 is 5.47. The molecule has 0 saturated carbocycles. The molecular formula is C10H22N2O2. The number of rotatable bonds is 7. The summed E-state index contributed by atoms with van der Waals surface area (Å²) in [7, 11) is 0. The van der Waals surface area contributed by atoms with E-state index < -0.39 is 6.10 Å². The van der Waals surface area contributed by atoms with Crippen LogP contribution in [0.5, 0.6) is 0 Å². The summed E-state index contributed by atoms with van der Waals surface area (Å²) >= 11 is 0. The first-order valence-corrected chi connectivity index (χ1v) is 5.27. The molecule has 0 aliphatic heterocycles. The van der Waals surface area contributed by atoms with Crippen LogP contribution in [0.2, 0.25) is 0 Å². The van der Waals surface area contributed by atoms with Crippen LogP contribution < -0.4 is 11.3 Å². The highest BCUT2D eigenvalue weighted by Gasteiger charge is 2.16. The molecule has 1 amide bonds. The maximum Gasteiger partial charge on any atom is 0.262 e. The number of nitrogens with one attached hydrogen (secondary N) is 1. The Labute approximate surface area is 86.2 Å². The number of hydrazine groups is 1. The third-order valence-corrected chi connectivity index (χ3v) is 2.17. The van der Waals surface area contributed by atoms with Gasteiger partial charge in [0, 0.05) is 0 Å². The van der Waals surface area contributed by atoms with E-state index in [0.29, 0.717) is 18.9 Å². The first kappa shape index (κ1) is 13.4. The van der Waals surface area contributed by atoms with Gasteiger partial charge in [0.1, 0.15) is 6.10 Å². The summed E-state index contributed by atoms with van der Waals surface area (Å²) in [6.07, 6.45) is 2.52. The predicted octanol–water partition coefficient (Wildman–Crippen LogP) is 1.21. The molecule has 0 aromatic carbocycles. The van der Waals surface area contributed by atoms with E-state index in [2.05, 4.69) is 19.3 Å². The Morgan fingerprint density at radius 3 is 2.57 bits per heavy atom. The first-order chi connectivity index (χ1) is 6.65. The maximum atomic E-state index is 11.2. The monoisotopic (exact) mass is 202 g/mol. The van der Waals surface area contributed by atoms with Crippen molar-refractivity contribution in [1.29, 1.82) is 0 Å². The lowest BCUT2D eigenvalue weighted by Crippen LogP contribution is -2.40. The van der Waals surface area contributed by atoms with Crippen molar-refractivity contribution < 1.29 is 9.53 Å². The SMILES string of the molecule is CCCC(C)COC(CC)C(=O)NN. The van der Waals surface area contributed by atoms with Crippen molar-refractivity contribution in [2.24, 2.45) is 11.8 Å². The Bertz CT molecular complexity index is 162. The maximum absolute atomic E-state index is 11.2. The summed E-state index contributed by atoms with van der Waals surface area (Å²) in [4.78, 5) is 11.2. The molecule has 0 aromatic rings. The summed E-state index contributed by atoms with van der Waals surface area (Å²) in [5, 5.41) is 0. The second-order valence-electron chi connectivity index (χ2n) is 3.63. The van der Waals surface area contributed by atoms with E-state index in [0.717, 1.165) is 12.8 Å². The summed E-state index contributed by atoms with van der Waals surface area (Å²) in [6.45, 7) is 6.79. The number of carbonyl (C=O) groups excluding carboxylic acids is 1. The van der Waals surface area contributed by atoms with Gasteiger partial charge in [0.05, 0.1) is 6.61 Å². The normalized spacial score (nSPS) is 14.9. The minimum atomic E-state index is -0.403. The fourth-order valence-electron chi connectivity index (χ4n) is 1.33. The molecule has 0 saturated heterocycles. The lowest BCUT2D eigenvalue weighted by Gasteiger charge is -2.17. The fraction of sp³-hybridized carbons (Fsp3) is 0.900. The molecule has 0 rings (SSSR count). The number of hydrogen-bond acceptors (Lipinski definition) is 3. The molecular weight excluding hydrogens is 180 g/mol. The molecule has 14 heavy (non-hydrogen) atoms. The largest absolute Gasteiger partial charge is 0.368 e. The molecule has 0 spiro atoms. The third-order valence-electron chi connectivity index (χ3n) is 2.17. The summed E-state index contributed by atoms with van der Waals surface area (Å²) in [6, 6.07) is 0. The van der Waals surface area contributed by atoms with Crippen LogP contribution >= 0.6 is 0 Å². The Balaban J connectivity index is 3.77. The van der Waals surface area contributed by atoms with Crippen LogP contribution in [-0.2, 0) is 9.53 Å². The molecule has 0 radical (unpaired) electrons. The number of carbonyl (C=O) groups is 1. The van der Waals surface area contributed by atoms with E-state index in [1.54, 1.807) is 0 Å². The smallest absolute Gasteiger partial charge is 0.262 e. The Morgan fingerprint density at radius 2 is 2.14 bits per heavy atom. The van der Waals surface area contributed by atoms with E-state index in [9.17, 15) is 4.79 Å². The lowest BCUT2D eigenvalue weighted by atomic mass is 10.1. The average Bonchev–Trinajstić information content (AvgIpc) is 2.18. The molecule has 2 atom stereocenters. The van der Waals surface area contributed by atoms with Gasteiger partial charge in [-0.1, -0.05) is 27.2 Å². The number of amides is 1. The first-order valence-electron chi connectivity index (χ1n) is 5.27. The standard InChI is InChI=1S/C10H22N2O2/c1-4-6-8(3)7-14-9(5-2)10(13)12-11/h8-9H,4-7,11H2,1-3H3,(H,12,13). The zero-order chi connectivity index (χ0) is 11.0. The van der Waals surface area contributed by atoms with Crippen LogP contribution in [0.3, 0.4) is 0 Å². The van der Waals surface area contributed by atoms with Crippen molar-refractivity contribution in [2.45, 2.75) is 46.1 Å². The van der Waals surface area contributed by atoms with E-state index >= 15 is 0 Å². The van der Waals surface area contributed by atoms with Crippen molar-refractivity contribution in [3.8, 4) is 0 Å². The van der Waals surface area contributed by atoms with Gasteiger partial charge in [0.2, 0.25) is 0 Å². The van der Waals surface area contributed by atoms with Gasteiger partial charge in [-0.2, -0.15) is 0 Å². The highest BCUT2D eigenvalue weighted by molar-refractivity contribution is 5.79. The molecule has 0 aliphatic carbocycles. The topological polar surface area (TPSA) is 64.3 Å². The van der Waals surface area contributed by atoms with Crippen LogP contribution in [0.25, 0.3) is 0 Å². The van der Waals surface area contributed by atoms with Crippen molar-refractivity contribution in [2.75, 3.05) is 6.61 Å². The molecule has 0 fully saturated rings. The van der Waals surface area contributed by atoms with Gasteiger partial charge in [-0.15, -0.1) is 0 Å². The molecule has 4 nitrogen and oxygen atoms in total. The van der Waals surface area contributed by atoms with Crippen LogP contribution in [0.4, 0.5) is 0 Å². The fourth-order valence-corrected chi connectivity index (χ4v) is 1.33. The molecule has 0 heterocycles. The van der Waals surface area contributed by atoms with Gasteiger partial charge in [0.15, 0.2) is 0 Å².